The Labute approximate surface area is 140 Å². The number of methoxy groups -OCH3 is 1. The molecule has 24 heavy (non-hydrogen) atoms. The molecule has 0 aliphatic carbocycles. The number of ether oxygens (including phenoxy) is 1. The van der Waals surface area contributed by atoms with E-state index in [-0.39, 0.29) is 12.5 Å². The lowest BCUT2D eigenvalue weighted by Crippen LogP contribution is -2.31. The highest BCUT2D eigenvalue weighted by Crippen LogP contribution is 2.36. The molecular formula is C19H19NO4. The standard InChI is InChI=1S/C19H19NO4/c1-24-17-9-5-2-6-13(17)10-11-18(21)20-12-15(19(22)23)14-7-3-4-8-16(14)20/h2-9,15H,10-12H2,1H3,(H,22,23)/t15-/m0/s1. The summed E-state index contributed by atoms with van der Waals surface area (Å²) in [5.74, 6) is -0.869. The van der Waals surface area contributed by atoms with Crippen LogP contribution in [0, 0.1) is 0 Å². The molecule has 0 saturated carbocycles. The van der Waals surface area contributed by atoms with Crippen LogP contribution >= 0.6 is 0 Å². The molecule has 0 saturated heterocycles. The van der Waals surface area contributed by atoms with Gasteiger partial charge in [-0.05, 0) is 29.7 Å². The van der Waals surface area contributed by atoms with Crippen LogP contribution in [0.1, 0.15) is 23.5 Å². The molecule has 124 valence electrons. The number of anilines is 1. The van der Waals surface area contributed by atoms with Gasteiger partial charge in [0.1, 0.15) is 11.7 Å². The first-order chi connectivity index (χ1) is 11.6. The molecule has 0 fully saturated rings. The van der Waals surface area contributed by atoms with Crippen molar-refractivity contribution in [3.05, 3.63) is 59.7 Å². The van der Waals surface area contributed by atoms with Crippen molar-refractivity contribution in [3.63, 3.8) is 0 Å². The molecule has 5 nitrogen and oxygen atoms in total. The Balaban J connectivity index is 1.75. The van der Waals surface area contributed by atoms with Crippen molar-refractivity contribution in [3.8, 4) is 5.75 Å². The first-order valence-corrected chi connectivity index (χ1v) is 7.86. The number of carboxylic acids is 1. The van der Waals surface area contributed by atoms with Gasteiger partial charge in [-0.25, -0.2) is 0 Å². The van der Waals surface area contributed by atoms with Crippen molar-refractivity contribution in [2.75, 3.05) is 18.6 Å². The normalized spacial score (nSPS) is 15.9. The number of nitrogens with zero attached hydrogens (tertiary/aromatic N) is 1. The number of amides is 1. The molecular weight excluding hydrogens is 306 g/mol. The van der Waals surface area contributed by atoms with Gasteiger partial charge in [-0.2, -0.15) is 0 Å². The van der Waals surface area contributed by atoms with E-state index in [9.17, 15) is 14.7 Å². The number of hydrogen-bond donors (Lipinski definition) is 1. The van der Waals surface area contributed by atoms with Gasteiger partial charge >= 0.3 is 5.97 Å². The topological polar surface area (TPSA) is 66.8 Å². The predicted molar refractivity (Wildman–Crippen MR) is 90.5 cm³/mol. The Morgan fingerprint density at radius 2 is 1.88 bits per heavy atom. The molecule has 1 aliphatic heterocycles. The summed E-state index contributed by atoms with van der Waals surface area (Å²) in [5.41, 5.74) is 2.38. The fourth-order valence-corrected chi connectivity index (χ4v) is 3.14. The minimum atomic E-state index is -0.900. The van der Waals surface area contributed by atoms with Gasteiger partial charge in [0.25, 0.3) is 0 Å². The Kier molecular flexibility index (Phi) is 4.51. The minimum absolute atomic E-state index is 0.0721. The molecule has 1 N–H and O–H groups in total. The predicted octanol–water partition coefficient (Wildman–Crippen LogP) is 2.84. The highest BCUT2D eigenvalue weighted by atomic mass is 16.5. The monoisotopic (exact) mass is 325 g/mol. The van der Waals surface area contributed by atoms with Gasteiger partial charge in [0.05, 0.1) is 7.11 Å². The number of carboxylic acid groups (broad SMARTS) is 1. The van der Waals surface area contributed by atoms with Gasteiger partial charge in [-0.15, -0.1) is 0 Å². The average molecular weight is 325 g/mol. The van der Waals surface area contributed by atoms with Crippen LogP contribution in [0.3, 0.4) is 0 Å². The number of rotatable bonds is 5. The molecule has 3 rings (SSSR count). The van der Waals surface area contributed by atoms with Crippen LogP contribution in [0.5, 0.6) is 5.75 Å². The van der Waals surface area contributed by atoms with E-state index in [4.69, 9.17) is 4.74 Å². The Morgan fingerprint density at radius 3 is 2.62 bits per heavy atom. The van der Waals surface area contributed by atoms with E-state index in [0.717, 1.165) is 11.3 Å². The van der Waals surface area contributed by atoms with E-state index in [2.05, 4.69) is 0 Å². The lowest BCUT2D eigenvalue weighted by atomic mass is 10.0. The maximum atomic E-state index is 12.6. The smallest absolute Gasteiger partial charge is 0.312 e. The van der Waals surface area contributed by atoms with Gasteiger partial charge in [-0.1, -0.05) is 36.4 Å². The van der Waals surface area contributed by atoms with Gasteiger partial charge in [-0.3, -0.25) is 9.59 Å². The van der Waals surface area contributed by atoms with Gasteiger partial charge in [0.2, 0.25) is 5.91 Å². The van der Waals surface area contributed by atoms with E-state index >= 15 is 0 Å². The quantitative estimate of drug-likeness (QED) is 0.918. The first-order valence-electron chi connectivity index (χ1n) is 7.86. The van der Waals surface area contributed by atoms with Crippen LogP contribution in [0.15, 0.2) is 48.5 Å². The van der Waals surface area contributed by atoms with Crippen molar-refractivity contribution in [2.24, 2.45) is 0 Å². The number of para-hydroxylation sites is 2. The van der Waals surface area contributed by atoms with Crippen LogP contribution in [-0.2, 0) is 16.0 Å². The average Bonchev–Trinajstić information content (AvgIpc) is 3.00. The summed E-state index contributed by atoms with van der Waals surface area (Å²) in [7, 11) is 1.61. The first kappa shape index (κ1) is 16.1. The van der Waals surface area contributed by atoms with Crippen molar-refractivity contribution >= 4 is 17.6 Å². The summed E-state index contributed by atoms with van der Waals surface area (Å²) in [6.07, 6.45) is 0.861. The summed E-state index contributed by atoms with van der Waals surface area (Å²) in [6.45, 7) is 0.194. The SMILES string of the molecule is COc1ccccc1CCC(=O)N1C[C@H](C(=O)O)c2ccccc21. The molecule has 0 aromatic heterocycles. The summed E-state index contributed by atoms with van der Waals surface area (Å²) in [6, 6.07) is 14.8. The third-order valence-electron chi connectivity index (χ3n) is 4.37. The summed E-state index contributed by atoms with van der Waals surface area (Å²) in [4.78, 5) is 25.7. The highest BCUT2D eigenvalue weighted by molar-refractivity contribution is 5.99. The Morgan fingerprint density at radius 1 is 1.17 bits per heavy atom. The van der Waals surface area contributed by atoms with E-state index in [0.29, 0.717) is 24.1 Å². The Bertz CT molecular complexity index is 771. The molecule has 0 radical (unpaired) electrons. The second-order valence-corrected chi connectivity index (χ2v) is 5.77. The lowest BCUT2D eigenvalue weighted by Gasteiger charge is -2.18. The molecule has 1 aliphatic rings. The van der Waals surface area contributed by atoms with E-state index in [1.807, 2.05) is 30.3 Å². The maximum Gasteiger partial charge on any atom is 0.312 e. The number of fused-ring (bicyclic) bond motifs is 1. The number of aryl methyl sites for hydroxylation is 1. The van der Waals surface area contributed by atoms with Crippen LogP contribution in [0.2, 0.25) is 0 Å². The van der Waals surface area contributed by atoms with Gasteiger partial charge in [0.15, 0.2) is 0 Å². The maximum absolute atomic E-state index is 12.6. The number of benzene rings is 2. The number of hydrogen-bond acceptors (Lipinski definition) is 3. The zero-order valence-corrected chi connectivity index (χ0v) is 13.4. The molecule has 1 amide bonds. The summed E-state index contributed by atoms with van der Waals surface area (Å²) < 4.78 is 5.31. The van der Waals surface area contributed by atoms with E-state index < -0.39 is 11.9 Å². The number of carbonyl (C=O) groups is 2. The molecule has 1 heterocycles. The molecule has 2 aromatic carbocycles. The third kappa shape index (κ3) is 2.97. The van der Waals surface area contributed by atoms with Crippen molar-refractivity contribution < 1.29 is 19.4 Å². The van der Waals surface area contributed by atoms with Gasteiger partial charge in [0, 0.05) is 18.7 Å². The minimum Gasteiger partial charge on any atom is -0.496 e. The fraction of sp³-hybridized carbons (Fsp3) is 0.263. The zero-order chi connectivity index (χ0) is 17.1. The Hall–Kier alpha value is -2.82. The van der Waals surface area contributed by atoms with Gasteiger partial charge < -0.3 is 14.7 Å². The largest absolute Gasteiger partial charge is 0.496 e. The second kappa shape index (κ2) is 6.74. The van der Waals surface area contributed by atoms with Crippen molar-refractivity contribution in [1.82, 2.24) is 0 Å². The van der Waals surface area contributed by atoms with Crippen LogP contribution < -0.4 is 9.64 Å². The molecule has 5 heteroatoms. The molecule has 0 bridgehead atoms. The highest BCUT2D eigenvalue weighted by Gasteiger charge is 2.35. The molecule has 2 aromatic rings. The van der Waals surface area contributed by atoms with Crippen LogP contribution in [0.25, 0.3) is 0 Å². The molecule has 0 spiro atoms. The van der Waals surface area contributed by atoms with E-state index in [1.54, 1.807) is 30.2 Å². The molecule has 0 unspecified atom stereocenters. The van der Waals surface area contributed by atoms with Crippen LogP contribution in [-0.4, -0.2) is 30.6 Å². The number of carbonyl (C=O) groups excluding carboxylic acids is 1. The lowest BCUT2D eigenvalue weighted by molar-refractivity contribution is -0.138. The third-order valence-corrected chi connectivity index (χ3v) is 4.37. The fourth-order valence-electron chi connectivity index (χ4n) is 3.14. The summed E-state index contributed by atoms with van der Waals surface area (Å²) in [5, 5.41) is 9.38. The van der Waals surface area contributed by atoms with E-state index in [1.165, 1.54) is 0 Å². The molecule has 1 atom stereocenters. The van der Waals surface area contributed by atoms with Crippen LogP contribution in [0.4, 0.5) is 5.69 Å². The summed E-state index contributed by atoms with van der Waals surface area (Å²) >= 11 is 0. The zero-order valence-electron chi connectivity index (χ0n) is 13.4. The van der Waals surface area contributed by atoms with Crippen molar-refractivity contribution in [2.45, 2.75) is 18.8 Å². The second-order valence-electron chi connectivity index (χ2n) is 5.77. The van der Waals surface area contributed by atoms with Crippen molar-refractivity contribution in [1.29, 1.82) is 0 Å². The number of aliphatic carboxylic acids is 1.